The van der Waals surface area contributed by atoms with Crippen molar-refractivity contribution in [2.45, 2.75) is 31.7 Å². The highest BCUT2D eigenvalue weighted by atomic mass is 79.9. The van der Waals surface area contributed by atoms with Gasteiger partial charge in [0.15, 0.2) is 0 Å². The molecule has 0 bridgehead atoms. The van der Waals surface area contributed by atoms with Crippen LogP contribution < -0.4 is 5.32 Å². The minimum absolute atomic E-state index is 0.0792. The van der Waals surface area contributed by atoms with Crippen LogP contribution in [0.3, 0.4) is 0 Å². The molecule has 3 heterocycles. The first-order valence-corrected chi connectivity index (χ1v) is 11.4. The lowest BCUT2D eigenvalue weighted by atomic mass is 9.82. The van der Waals surface area contributed by atoms with Crippen LogP contribution in [-0.2, 0) is 15.1 Å². The number of carbonyl (C=O) groups excluding carboxylic acids is 1. The molecular weight excluding hydrogens is 442 g/mol. The fraction of sp³-hybridized carbons (Fsp3) is 0.375. The molecule has 1 aromatic carbocycles. The van der Waals surface area contributed by atoms with Crippen LogP contribution in [0.25, 0.3) is 5.69 Å². The maximum atomic E-state index is 13.1. The first-order valence-electron chi connectivity index (χ1n) is 10.7. The summed E-state index contributed by atoms with van der Waals surface area (Å²) in [6.45, 7) is 4.14. The number of carbonyl (C=O) groups is 1. The van der Waals surface area contributed by atoms with E-state index in [1.54, 1.807) is 0 Å². The minimum Gasteiger partial charge on any atom is -0.494 e. The highest BCUT2D eigenvalue weighted by Crippen LogP contribution is 2.44. The Bertz CT molecular complexity index is 1030. The van der Waals surface area contributed by atoms with Crippen LogP contribution in [0.4, 0.5) is 5.69 Å². The number of nitrogens with one attached hydrogen (secondary N) is 1. The molecule has 5 nitrogen and oxygen atoms in total. The average Bonchev–Trinajstić information content (AvgIpc) is 3.27. The first kappa shape index (κ1) is 19.5. The zero-order chi connectivity index (χ0) is 20.7. The van der Waals surface area contributed by atoms with E-state index >= 15 is 0 Å². The minimum atomic E-state index is -0.133. The Morgan fingerprint density at radius 2 is 2.13 bits per heavy atom. The molecule has 1 atom stereocenters. The van der Waals surface area contributed by atoms with Crippen LogP contribution in [0.1, 0.15) is 31.9 Å². The quantitative estimate of drug-likeness (QED) is 0.692. The fourth-order valence-corrected chi connectivity index (χ4v) is 5.24. The van der Waals surface area contributed by atoms with E-state index in [1.165, 1.54) is 5.69 Å². The van der Waals surface area contributed by atoms with E-state index in [-0.39, 0.29) is 17.4 Å². The number of hydrogen-bond donors (Lipinski definition) is 1. The van der Waals surface area contributed by atoms with Gasteiger partial charge in [-0.1, -0.05) is 22.0 Å². The highest BCUT2D eigenvalue weighted by Gasteiger charge is 2.42. The molecule has 1 aliphatic carbocycles. The monoisotopic (exact) mass is 467 g/mol. The molecule has 2 aliphatic heterocycles. The average molecular weight is 468 g/mol. The number of amides is 1. The molecule has 1 unspecified atom stereocenters. The summed E-state index contributed by atoms with van der Waals surface area (Å²) in [5.74, 6) is 1.02. The van der Waals surface area contributed by atoms with Crippen molar-refractivity contribution in [1.29, 1.82) is 0 Å². The van der Waals surface area contributed by atoms with Crippen LogP contribution in [0.15, 0.2) is 65.0 Å². The Morgan fingerprint density at radius 3 is 2.87 bits per heavy atom. The summed E-state index contributed by atoms with van der Waals surface area (Å²) in [5, 5.41) is 3.82. The zero-order valence-electron chi connectivity index (χ0n) is 17.1. The summed E-state index contributed by atoms with van der Waals surface area (Å²) in [6.07, 6.45) is 10.6. The molecule has 0 radical (unpaired) electrons. The summed E-state index contributed by atoms with van der Waals surface area (Å²) < 4.78 is 8.89. The van der Waals surface area contributed by atoms with E-state index in [4.69, 9.17) is 4.74 Å². The van der Waals surface area contributed by atoms with Crippen molar-refractivity contribution in [2.75, 3.05) is 25.0 Å². The molecule has 1 spiro atoms. The van der Waals surface area contributed by atoms with Gasteiger partial charge in [-0.15, -0.1) is 0 Å². The Balaban J connectivity index is 1.31. The second-order valence-corrected chi connectivity index (χ2v) is 9.11. The number of allylic oxidation sites excluding steroid dienone is 2. The number of nitrogens with zero attached hydrogens (tertiary/aromatic N) is 2. The third-order valence-electron chi connectivity index (χ3n) is 6.45. The number of piperidine rings is 1. The Kier molecular flexibility index (Phi) is 4.97. The lowest BCUT2D eigenvalue weighted by Gasteiger charge is -2.46. The van der Waals surface area contributed by atoms with E-state index in [2.05, 4.69) is 62.3 Å². The lowest BCUT2D eigenvalue weighted by Crippen LogP contribution is -2.52. The highest BCUT2D eigenvalue weighted by molar-refractivity contribution is 9.10. The molecule has 6 heteroatoms. The summed E-state index contributed by atoms with van der Waals surface area (Å²) in [5.41, 5.74) is 3.45. The van der Waals surface area contributed by atoms with Gasteiger partial charge in [-0.2, -0.15) is 0 Å². The molecule has 156 valence electrons. The number of ether oxygens (including phenoxy) is 1. The number of benzene rings is 1. The van der Waals surface area contributed by atoms with Crippen LogP contribution in [0.5, 0.6) is 0 Å². The topological polar surface area (TPSA) is 46.5 Å². The van der Waals surface area contributed by atoms with Crippen molar-refractivity contribution < 1.29 is 9.53 Å². The van der Waals surface area contributed by atoms with Gasteiger partial charge in [0.2, 0.25) is 5.91 Å². The molecule has 3 aliphatic rings. The zero-order valence-corrected chi connectivity index (χ0v) is 18.7. The van der Waals surface area contributed by atoms with Gasteiger partial charge in [-0.3, -0.25) is 4.79 Å². The Morgan fingerprint density at radius 1 is 1.30 bits per heavy atom. The smallest absolute Gasteiger partial charge is 0.229 e. The third-order valence-corrected chi connectivity index (χ3v) is 6.95. The van der Waals surface area contributed by atoms with Gasteiger partial charge in [0.25, 0.3) is 0 Å². The van der Waals surface area contributed by atoms with Crippen molar-refractivity contribution in [1.82, 2.24) is 9.47 Å². The largest absolute Gasteiger partial charge is 0.494 e. The van der Waals surface area contributed by atoms with Gasteiger partial charge in [-0.05, 0) is 68.7 Å². The SMILES string of the molecule is CCOC1=CCC(C(=O)N2CCC3(CC2)Nc2ccc(Br)cc2-n2cccc23)C=C1. The van der Waals surface area contributed by atoms with Gasteiger partial charge in [0, 0.05) is 29.5 Å². The predicted octanol–water partition coefficient (Wildman–Crippen LogP) is 4.98. The summed E-state index contributed by atoms with van der Waals surface area (Å²) in [7, 11) is 0. The molecule has 1 fully saturated rings. The van der Waals surface area contributed by atoms with Gasteiger partial charge in [-0.25, -0.2) is 0 Å². The van der Waals surface area contributed by atoms with Crippen molar-refractivity contribution in [3.63, 3.8) is 0 Å². The van der Waals surface area contributed by atoms with Crippen molar-refractivity contribution in [3.8, 4) is 5.69 Å². The number of fused-ring (bicyclic) bond motifs is 4. The molecule has 5 rings (SSSR count). The van der Waals surface area contributed by atoms with Crippen molar-refractivity contribution >= 4 is 27.5 Å². The fourth-order valence-electron chi connectivity index (χ4n) is 4.89. The van der Waals surface area contributed by atoms with Gasteiger partial charge in [0.1, 0.15) is 5.76 Å². The number of rotatable bonds is 3. The normalized spacial score (nSPS) is 21.5. The van der Waals surface area contributed by atoms with Gasteiger partial charge in [0.05, 0.1) is 29.4 Å². The molecule has 2 aromatic rings. The standard InChI is InChI=1S/C24H26BrN3O2/c1-2-30-19-8-5-17(6-9-19)23(29)27-14-11-24(12-15-27)22-4-3-13-28(22)21-16-18(25)7-10-20(21)26-24/h3-5,7-10,13,16-17,26H,2,6,11-12,14-15H2,1H3. The van der Waals surface area contributed by atoms with Crippen molar-refractivity contribution in [3.05, 3.63) is 70.7 Å². The number of likely N-dealkylation sites (tertiary alicyclic amines) is 1. The Labute approximate surface area is 185 Å². The number of aromatic nitrogens is 1. The number of anilines is 1. The van der Waals surface area contributed by atoms with E-state index < -0.39 is 0 Å². The van der Waals surface area contributed by atoms with E-state index in [9.17, 15) is 4.79 Å². The van der Waals surface area contributed by atoms with E-state index in [0.717, 1.165) is 54.0 Å². The summed E-state index contributed by atoms with van der Waals surface area (Å²) in [6, 6.07) is 10.7. The van der Waals surface area contributed by atoms with Crippen LogP contribution in [-0.4, -0.2) is 35.1 Å². The van der Waals surface area contributed by atoms with Crippen LogP contribution in [0, 0.1) is 5.92 Å². The summed E-state index contributed by atoms with van der Waals surface area (Å²) in [4.78, 5) is 15.1. The molecular formula is C24H26BrN3O2. The first-order chi connectivity index (χ1) is 14.6. The molecule has 30 heavy (non-hydrogen) atoms. The molecule has 1 amide bonds. The maximum Gasteiger partial charge on any atom is 0.229 e. The Hall–Kier alpha value is -2.47. The predicted molar refractivity (Wildman–Crippen MR) is 122 cm³/mol. The van der Waals surface area contributed by atoms with E-state index in [1.807, 2.05) is 30.1 Å². The number of hydrogen-bond acceptors (Lipinski definition) is 3. The maximum absolute atomic E-state index is 13.1. The van der Waals surface area contributed by atoms with Crippen LogP contribution in [0.2, 0.25) is 0 Å². The third kappa shape index (κ3) is 3.27. The van der Waals surface area contributed by atoms with Gasteiger partial charge < -0.3 is 19.5 Å². The van der Waals surface area contributed by atoms with E-state index in [0.29, 0.717) is 6.61 Å². The lowest BCUT2D eigenvalue weighted by molar-refractivity contribution is -0.135. The van der Waals surface area contributed by atoms with Crippen molar-refractivity contribution in [2.24, 2.45) is 5.92 Å². The molecule has 1 saturated heterocycles. The second kappa shape index (κ2) is 7.65. The summed E-state index contributed by atoms with van der Waals surface area (Å²) >= 11 is 3.59. The molecule has 1 aromatic heterocycles. The van der Waals surface area contributed by atoms with Crippen LogP contribution >= 0.6 is 15.9 Å². The number of halogens is 1. The molecule has 1 N–H and O–H groups in total. The molecule has 0 saturated carbocycles. The second-order valence-electron chi connectivity index (χ2n) is 8.20. The van der Waals surface area contributed by atoms with Gasteiger partial charge >= 0.3 is 0 Å².